The summed E-state index contributed by atoms with van der Waals surface area (Å²) in [6.07, 6.45) is 0.994. The maximum atomic E-state index is 11.7. The van der Waals surface area contributed by atoms with E-state index in [4.69, 9.17) is 0 Å². The fourth-order valence-corrected chi connectivity index (χ4v) is 1.99. The molecule has 2 amide bonds. The molecule has 0 atom stereocenters. The lowest BCUT2D eigenvalue weighted by atomic mass is 10.1. The molecule has 0 fully saturated rings. The summed E-state index contributed by atoms with van der Waals surface area (Å²) < 4.78 is 0. The first-order chi connectivity index (χ1) is 9.56. The van der Waals surface area contributed by atoms with Gasteiger partial charge in [-0.3, -0.25) is 0 Å². The van der Waals surface area contributed by atoms with Crippen molar-refractivity contribution in [2.45, 2.75) is 34.1 Å². The molecule has 20 heavy (non-hydrogen) atoms. The lowest BCUT2D eigenvalue weighted by molar-refractivity contribution is 0.251. The summed E-state index contributed by atoms with van der Waals surface area (Å²) >= 11 is 0. The fourth-order valence-electron chi connectivity index (χ4n) is 1.99. The van der Waals surface area contributed by atoms with E-state index in [1.54, 1.807) is 0 Å². The molecule has 112 valence electrons. The summed E-state index contributed by atoms with van der Waals surface area (Å²) in [6.45, 7) is 11.2. The van der Waals surface area contributed by atoms with Crippen molar-refractivity contribution in [3.8, 4) is 0 Å². The van der Waals surface area contributed by atoms with Gasteiger partial charge in [-0.1, -0.05) is 13.8 Å². The summed E-state index contributed by atoms with van der Waals surface area (Å²) in [7, 11) is 0. The zero-order valence-electron chi connectivity index (χ0n) is 13.1. The number of carbonyl (C=O) groups is 1. The molecule has 0 unspecified atom stereocenters. The van der Waals surface area contributed by atoms with E-state index in [1.807, 2.05) is 24.3 Å². The third-order valence-electron chi connectivity index (χ3n) is 3.26. The molecule has 1 rings (SSSR count). The Hall–Kier alpha value is -1.71. The van der Waals surface area contributed by atoms with Gasteiger partial charge in [0.2, 0.25) is 0 Å². The van der Waals surface area contributed by atoms with Crippen LogP contribution in [0.15, 0.2) is 24.3 Å². The number of rotatable bonds is 7. The first-order valence-corrected chi connectivity index (χ1v) is 7.46. The predicted octanol–water partition coefficient (Wildman–Crippen LogP) is 3.70. The van der Waals surface area contributed by atoms with Crippen molar-refractivity contribution in [1.29, 1.82) is 0 Å². The number of hydrogen-bond acceptors (Lipinski definition) is 2. The molecule has 0 bridgehead atoms. The summed E-state index contributed by atoms with van der Waals surface area (Å²) in [5.41, 5.74) is 2.00. The molecule has 0 saturated carbocycles. The van der Waals surface area contributed by atoms with Crippen LogP contribution >= 0.6 is 0 Å². The van der Waals surface area contributed by atoms with Crippen molar-refractivity contribution in [3.63, 3.8) is 0 Å². The van der Waals surface area contributed by atoms with Crippen LogP contribution < -0.4 is 15.5 Å². The summed E-state index contributed by atoms with van der Waals surface area (Å²) in [6, 6.07) is 7.82. The number of nitrogens with one attached hydrogen (secondary N) is 2. The largest absolute Gasteiger partial charge is 0.372 e. The van der Waals surface area contributed by atoms with E-state index in [0.717, 1.165) is 25.2 Å². The van der Waals surface area contributed by atoms with Crippen molar-refractivity contribution in [2.24, 2.45) is 5.92 Å². The molecule has 0 heterocycles. The minimum absolute atomic E-state index is 0.138. The van der Waals surface area contributed by atoms with Gasteiger partial charge in [0, 0.05) is 31.0 Å². The lowest BCUT2D eigenvalue weighted by Gasteiger charge is -2.21. The van der Waals surface area contributed by atoms with E-state index in [1.165, 1.54) is 5.69 Å². The Bertz CT molecular complexity index is 397. The van der Waals surface area contributed by atoms with Gasteiger partial charge in [-0.05, 0) is 50.5 Å². The average molecular weight is 277 g/mol. The molecular weight excluding hydrogens is 250 g/mol. The summed E-state index contributed by atoms with van der Waals surface area (Å²) in [5.74, 6) is 0.601. The Morgan fingerprint density at radius 1 is 1.15 bits per heavy atom. The van der Waals surface area contributed by atoms with Crippen molar-refractivity contribution in [2.75, 3.05) is 29.9 Å². The van der Waals surface area contributed by atoms with Crippen molar-refractivity contribution >= 4 is 17.4 Å². The quantitative estimate of drug-likeness (QED) is 0.798. The molecule has 4 nitrogen and oxygen atoms in total. The normalized spacial score (nSPS) is 10.4. The fraction of sp³-hybridized carbons (Fsp3) is 0.562. The molecular formula is C16H27N3O. The van der Waals surface area contributed by atoms with Gasteiger partial charge in [0.05, 0.1) is 0 Å². The van der Waals surface area contributed by atoms with E-state index in [9.17, 15) is 4.79 Å². The van der Waals surface area contributed by atoms with Gasteiger partial charge in [0.1, 0.15) is 0 Å². The molecule has 2 N–H and O–H groups in total. The van der Waals surface area contributed by atoms with Crippen LogP contribution in [0.3, 0.4) is 0 Å². The van der Waals surface area contributed by atoms with Crippen LogP contribution in [0.1, 0.15) is 34.1 Å². The van der Waals surface area contributed by atoms with E-state index >= 15 is 0 Å². The number of anilines is 2. The lowest BCUT2D eigenvalue weighted by Crippen LogP contribution is -2.30. The number of nitrogens with zero attached hydrogens (tertiary/aromatic N) is 1. The first-order valence-electron chi connectivity index (χ1n) is 7.46. The molecule has 0 aliphatic carbocycles. The highest BCUT2D eigenvalue weighted by Gasteiger charge is 2.04. The molecule has 4 heteroatoms. The zero-order chi connectivity index (χ0) is 15.0. The number of carbonyl (C=O) groups excluding carboxylic acids is 1. The van der Waals surface area contributed by atoms with Gasteiger partial charge in [-0.15, -0.1) is 0 Å². The Kier molecular flexibility index (Phi) is 6.91. The van der Waals surface area contributed by atoms with Crippen LogP contribution in [-0.4, -0.2) is 25.7 Å². The second-order valence-electron chi connectivity index (χ2n) is 5.28. The highest BCUT2D eigenvalue weighted by Crippen LogP contribution is 2.17. The Morgan fingerprint density at radius 3 is 2.25 bits per heavy atom. The van der Waals surface area contributed by atoms with Crippen LogP contribution in [0, 0.1) is 5.92 Å². The van der Waals surface area contributed by atoms with Crippen molar-refractivity contribution in [3.05, 3.63) is 24.3 Å². The molecule has 0 aliphatic rings. The third kappa shape index (κ3) is 5.51. The summed E-state index contributed by atoms with van der Waals surface area (Å²) in [4.78, 5) is 14.0. The third-order valence-corrected chi connectivity index (χ3v) is 3.26. The molecule has 0 spiro atoms. The SMILES string of the molecule is CCN(CC)c1ccc(NC(=O)NCCC(C)C)cc1. The highest BCUT2D eigenvalue weighted by atomic mass is 16.2. The molecule has 0 radical (unpaired) electrons. The average Bonchev–Trinajstić information content (AvgIpc) is 2.41. The van der Waals surface area contributed by atoms with E-state index in [2.05, 4.69) is 43.2 Å². The molecule has 0 aliphatic heterocycles. The Labute approximate surface area is 122 Å². The Morgan fingerprint density at radius 2 is 1.75 bits per heavy atom. The summed E-state index contributed by atoms with van der Waals surface area (Å²) in [5, 5.41) is 5.71. The van der Waals surface area contributed by atoms with Crippen LogP contribution in [0.4, 0.5) is 16.2 Å². The number of hydrogen-bond donors (Lipinski definition) is 2. The topological polar surface area (TPSA) is 44.4 Å². The maximum absolute atomic E-state index is 11.7. The number of urea groups is 1. The van der Waals surface area contributed by atoms with Gasteiger partial charge in [0.15, 0.2) is 0 Å². The maximum Gasteiger partial charge on any atom is 0.319 e. The molecule has 1 aromatic rings. The highest BCUT2D eigenvalue weighted by molar-refractivity contribution is 5.89. The second-order valence-corrected chi connectivity index (χ2v) is 5.28. The van der Waals surface area contributed by atoms with Gasteiger partial charge in [-0.25, -0.2) is 4.79 Å². The van der Waals surface area contributed by atoms with Gasteiger partial charge in [-0.2, -0.15) is 0 Å². The Balaban J connectivity index is 2.46. The van der Waals surface area contributed by atoms with E-state index in [0.29, 0.717) is 12.5 Å². The van der Waals surface area contributed by atoms with Crippen LogP contribution in [0.25, 0.3) is 0 Å². The first kappa shape index (κ1) is 16.3. The second kappa shape index (κ2) is 8.46. The number of amides is 2. The molecule has 1 aromatic carbocycles. The monoisotopic (exact) mass is 277 g/mol. The predicted molar refractivity (Wildman–Crippen MR) is 86.5 cm³/mol. The van der Waals surface area contributed by atoms with Crippen molar-refractivity contribution < 1.29 is 4.79 Å². The van der Waals surface area contributed by atoms with Gasteiger partial charge < -0.3 is 15.5 Å². The minimum atomic E-state index is -0.138. The molecule has 0 aromatic heterocycles. The van der Waals surface area contributed by atoms with Crippen LogP contribution in [-0.2, 0) is 0 Å². The molecule has 0 saturated heterocycles. The minimum Gasteiger partial charge on any atom is -0.372 e. The van der Waals surface area contributed by atoms with E-state index < -0.39 is 0 Å². The standard InChI is InChI=1S/C16H27N3O/c1-5-19(6-2)15-9-7-14(8-10-15)18-16(20)17-12-11-13(3)4/h7-10,13H,5-6,11-12H2,1-4H3,(H2,17,18,20). The van der Waals surface area contributed by atoms with Gasteiger partial charge in [0.25, 0.3) is 0 Å². The smallest absolute Gasteiger partial charge is 0.319 e. The van der Waals surface area contributed by atoms with Crippen LogP contribution in [0.2, 0.25) is 0 Å². The number of benzene rings is 1. The van der Waals surface area contributed by atoms with Crippen molar-refractivity contribution in [1.82, 2.24) is 5.32 Å². The van der Waals surface area contributed by atoms with Gasteiger partial charge >= 0.3 is 6.03 Å². The van der Waals surface area contributed by atoms with E-state index in [-0.39, 0.29) is 6.03 Å². The van der Waals surface area contributed by atoms with Crippen LogP contribution in [0.5, 0.6) is 0 Å². The zero-order valence-corrected chi connectivity index (χ0v) is 13.1.